The average Bonchev–Trinajstić information content (AvgIpc) is 2.69. The van der Waals surface area contributed by atoms with E-state index in [9.17, 15) is 4.79 Å². The highest BCUT2D eigenvalue weighted by molar-refractivity contribution is 5.91. The maximum absolute atomic E-state index is 12.3. The Morgan fingerprint density at radius 3 is 2.35 bits per heavy atom. The van der Waals surface area contributed by atoms with Gasteiger partial charge in [-0.2, -0.15) is 0 Å². The first-order valence-corrected chi connectivity index (χ1v) is 7.78. The summed E-state index contributed by atoms with van der Waals surface area (Å²) in [6, 6.07) is 20.2. The van der Waals surface area contributed by atoms with Gasteiger partial charge in [-0.1, -0.05) is 30.3 Å². The second kappa shape index (κ2) is 7.81. The summed E-state index contributed by atoms with van der Waals surface area (Å²) in [5.41, 5.74) is 0.598. The van der Waals surface area contributed by atoms with Crippen LogP contribution in [-0.4, -0.2) is 13.1 Å². The van der Waals surface area contributed by atoms with E-state index < -0.39 is 5.97 Å². The quantitative estimate of drug-likeness (QED) is 0.361. The fourth-order valence-corrected chi connectivity index (χ4v) is 2.28. The molecule has 0 bridgehead atoms. The van der Waals surface area contributed by atoms with Crippen molar-refractivity contribution in [2.75, 3.05) is 7.11 Å². The van der Waals surface area contributed by atoms with Crippen LogP contribution < -0.4 is 14.2 Å². The zero-order chi connectivity index (χ0) is 18.4. The summed E-state index contributed by atoms with van der Waals surface area (Å²) in [6.45, 7) is 0. The first kappa shape index (κ1) is 17.0. The second-order valence-corrected chi connectivity index (χ2v) is 5.24. The highest BCUT2D eigenvalue weighted by atomic mass is 16.5. The van der Waals surface area contributed by atoms with Crippen LogP contribution in [0, 0.1) is 5.39 Å². The minimum atomic E-state index is -0.508. The molecule has 3 aromatic carbocycles. The number of carbonyl (C=O) groups is 1. The van der Waals surface area contributed by atoms with Gasteiger partial charge in [0.15, 0.2) is 16.5 Å². The normalized spacial score (nSPS) is 9.85. The van der Waals surface area contributed by atoms with Gasteiger partial charge in [-0.05, 0) is 36.4 Å². The van der Waals surface area contributed by atoms with Gasteiger partial charge in [-0.25, -0.2) is 4.79 Å². The van der Waals surface area contributed by atoms with E-state index in [1.807, 2.05) is 6.07 Å². The molecule has 0 saturated carbocycles. The standard InChI is InChI=1S/C20H15N2O4/c1-24-19-13-14(20(23)25-15-7-3-2-4-8-15)11-12-18(19)26-17-10-6-5-9-16(17)22-21/h2-13H,1H3/q+1. The molecule has 0 N–H and O–H groups in total. The molecule has 6 nitrogen and oxygen atoms in total. The van der Waals surface area contributed by atoms with Crippen molar-refractivity contribution < 1.29 is 19.0 Å². The molecular formula is C20H15N2O4+. The number of nitrogens with zero attached hydrogens (tertiary/aromatic N) is 2. The van der Waals surface area contributed by atoms with E-state index in [2.05, 4.69) is 4.98 Å². The van der Waals surface area contributed by atoms with Crippen molar-refractivity contribution in [3.8, 4) is 23.0 Å². The van der Waals surface area contributed by atoms with Crippen LogP contribution >= 0.6 is 0 Å². The van der Waals surface area contributed by atoms with Crippen molar-refractivity contribution in [3.05, 3.63) is 83.3 Å². The first-order chi connectivity index (χ1) is 12.7. The van der Waals surface area contributed by atoms with Crippen LogP contribution in [0.4, 0.5) is 5.69 Å². The molecule has 128 valence electrons. The summed E-state index contributed by atoms with van der Waals surface area (Å²) in [5.74, 6) is 1.02. The average molecular weight is 347 g/mol. The van der Waals surface area contributed by atoms with Crippen LogP contribution in [0.5, 0.6) is 23.0 Å². The van der Waals surface area contributed by atoms with Gasteiger partial charge in [0.1, 0.15) is 5.75 Å². The Balaban J connectivity index is 1.84. The lowest BCUT2D eigenvalue weighted by Gasteiger charge is -2.11. The van der Waals surface area contributed by atoms with Crippen molar-refractivity contribution in [1.82, 2.24) is 0 Å². The van der Waals surface area contributed by atoms with E-state index in [1.165, 1.54) is 13.2 Å². The minimum Gasteiger partial charge on any atom is -0.493 e. The summed E-state index contributed by atoms with van der Waals surface area (Å²) >= 11 is 0. The molecule has 0 spiro atoms. The molecule has 3 rings (SSSR count). The summed E-state index contributed by atoms with van der Waals surface area (Å²) in [7, 11) is 1.47. The number of methoxy groups -OCH3 is 1. The molecule has 3 aromatic rings. The van der Waals surface area contributed by atoms with Crippen molar-refractivity contribution in [2.45, 2.75) is 0 Å². The fraction of sp³-hybridized carbons (Fsp3) is 0.0500. The Bertz CT molecular complexity index is 965. The maximum atomic E-state index is 12.3. The SMILES string of the molecule is COc1cc(C(=O)Oc2ccccc2)ccc1Oc1ccccc1[N+]#N. The lowest BCUT2D eigenvalue weighted by atomic mass is 10.2. The highest BCUT2D eigenvalue weighted by Gasteiger charge is 2.18. The van der Waals surface area contributed by atoms with Gasteiger partial charge in [0, 0.05) is 6.07 Å². The summed E-state index contributed by atoms with van der Waals surface area (Å²) in [6.07, 6.45) is 0. The van der Waals surface area contributed by atoms with Crippen molar-refractivity contribution in [2.24, 2.45) is 0 Å². The molecular weight excluding hydrogens is 332 g/mol. The smallest absolute Gasteiger partial charge is 0.426 e. The van der Waals surface area contributed by atoms with Gasteiger partial charge in [0.25, 0.3) is 0 Å². The van der Waals surface area contributed by atoms with E-state index in [4.69, 9.17) is 19.6 Å². The number of ether oxygens (including phenoxy) is 3. The first-order valence-electron chi connectivity index (χ1n) is 7.78. The summed E-state index contributed by atoms with van der Waals surface area (Å²) in [5, 5.41) is 9.03. The summed E-state index contributed by atoms with van der Waals surface area (Å²) in [4.78, 5) is 15.5. The molecule has 0 aliphatic heterocycles. The Hall–Kier alpha value is -3.85. The van der Waals surface area contributed by atoms with E-state index in [0.29, 0.717) is 28.6 Å². The van der Waals surface area contributed by atoms with E-state index in [1.54, 1.807) is 60.7 Å². The third-order valence-corrected chi connectivity index (χ3v) is 3.55. The van der Waals surface area contributed by atoms with Crippen LogP contribution in [0.15, 0.2) is 72.8 Å². The molecule has 0 saturated heterocycles. The predicted octanol–water partition coefficient (Wildman–Crippen LogP) is 5.19. The molecule has 0 amide bonds. The number of para-hydroxylation sites is 2. The van der Waals surface area contributed by atoms with Crippen LogP contribution in [0.2, 0.25) is 0 Å². The molecule has 0 fully saturated rings. The molecule has 0 atom stereocenters. The third kappa shape index (κ3) is 3.79. The number of hydrogen-bond donors (Lipinski definition) is 0. The van der Waals surface area contributed by atoms with E-state index in [-0.39, 0.29) is 5.69 Å². The molecule has 26 heavy (non-hydrogen) atoms. The lowest BCUT2D eigenvalue weighted by molar-refractivity contribution is 0.0734. The van der Waals surface area contributed by atoms with Gasteiger partial charge < -0.3 is 14.2 Å². The number of esters is 1. The van der Waals surface area contributed by atoms with Gasteiger partial charge in [0.05, 0.1) is 12.7 Å². The number of hydrogen-bond acceptors (Lipinski definition) is 5. The van der Waals surface area contributed by atoms with Crippen LogP contribution in [0.3, 0.4) is 0 Å². The number of carbonyl (C=O) groups excluding carboxylic acids is 1. The zero-order valence-corrected chi connectivity index (χ0v) is 14.0. The van der Waals surface area contributed by atoms with Crippen molar-refractivity contribution >= 4 is 11.7 Å². The van der Waals surface area contributed by atoms with E-state index in [0.717, 1.165) is 0 Å². The molecule has 0 radical (unpaired) electrons. The van der Waals surface area contributed by atoms with Crippen molar-refractivity contribution in [1.29, 1.82) is 5.39 Å². The number of benzene rings is 3. The molecule has 6 heteroatoms. The number of diazo groups is 1. The van der Waals surface area contributed by atoms with Crippen LogP contribution in [0.1, 0.15) is 10.4 Å². The van der Waals surface area contributed by atoms with Gasteiger partial charge in [0.2, 0.25) is 11.1 Å². The molecule has 0 aromatic heterocycles. The molecule has 0 aliphatic carbocycles. The molecule has 0 aliphatic rings. The largest absolute Gasteiger partial charge is 0.493 e. The van der Waals surface area contributed by atoms with Crippen LogP contribution in [0.25, 0.3) is 4.98 Å². The minimum absolute atomic E-state index is 0.280. The third-order valence-electron chi connectivity index (χ3n) is 3.55. The van der Waals surface area contributed by atoms with Gasteiger partial charge >= 0.3 is 11.7 Å². The predicted molar refractivity (Wildman–Crippen MR) is 95.7 cm³/mol. The Morgan fingerprint density at radius 2 is 1.62 bits per heavy atom. The Morgan fingerprint density at radius 1 is 0.885 bits per heavy atom. The Labute approximate surface area is 150 Å². The maximum Gasteiger partial charge on any atom is 0.426 e. The van der Waals surface area contributed by atoms with E-state index >= 15 is 0 Å². The summed E-state index contributed by atoms with van der Waals surface area (Å²) < 4.78 is 16.4. The lowest BCUT2D eigenvalue weighted by Crippen LogP contribution is -2.08. The molecule has 0 unspecified atom stereocenters. The second-order valence-electron chi connectivity index (χ2n) is 5.24. The molecule has 0 heterocycles. The Kier molecular flexibility index (Phi) is 5.11. The number of rotatable bonds is 5. The monoisotopic (exact) mass is 347 g/mol. The van der Waals surface area contributed by atoms with Crippen LogP contribution in [-0.2, 0) is 0 Å². The topological polar surface area (TPSA) is 72.9 Å². The van der Waals surface area contributed by atoms with Gasteiger partial charge in [-0.3, -0.25) is 0 Å². The van der Waals surface area contributed by atoms with Crippen molar-refractivity contribution in [3.63, 3.8) is 0 Å². The fourth-order valence-electron chi connectivity index (χ4n) is 2.28. The zero-order valence-electron chi connectivity index (χ0n) is 14.0. The highest BCUT2D eigenvalue weighted by Crippen LogP contribution is 2.36. The van der Waals surface area contributed by atoms with Gasteiger partial charge in [-0.15, -0.1) is 0 Å².